The second kappa shape index (κ2) is 5.59. The fourth-order valence-electron chi connectivity index (χ4n) is 1.60. The largest absolute Gasteiger partial charge is 0.494 e. The Bertz CT molecular complexity index is 551. The maximum Gasteiger partial charge on any atom is 0.199 e. The second-order valence-electron chi connectivity index (χ2n) is 3.61. The van der Waals surface area contributed by atoms with Gasteiger partial charge in [-0.2, -0.15) is 0 Å². The van der Waals surface area contributed by atoms with Crippen molar-refractivity contribution in [3.05, 3.63) is 53.1 Å². The first-order valence-electron chi connectivity index (χ1n) is 5.53. The highest BCUT2D eigenvalue weighted by molar-refractivity contribution is 7.71. The molecule has 1 heterocycles. The number of rotatable bonds is 4. The van der Waals surface area contributed by atoms with E-state index in [0.717, 1.165) is 11.3 Å². The minimum absolute atomic E-state index is 0.592. The van der Waals surface area contributed by atoms with E-state index in [1.165, 1.54) is 0 Å². The molecule has 0 saturated heterocycles. The SMILES string of the molecule is CCOc1cccc(Cn2cccnc2=S)c1. The van der Waals surface area contributed by atoms with Crippen LogP contribution in [0.4, 0.5) is 0 Å². The van der Waals surface area contributed by atoms with Crippen LogP contribution >= 0.6 is 12.2 Å². The van der Waals surface area contributed by atoms with Crippen molar-refractivity contribution in [2.75, 3.05) is 6.61 Å². The van der Waals surface area contributed by atoms with E-state index in [4.69, 9.17) is 17.0 Å². The van der Waals surface area contributed by atoms with Crippen LogP contribution in [-0.2, 0) is 6.54 Å². The van der Waals surface area contributed by atoms with Crippen molar-refractivity contribution in [3.8, 4) is 5.75 Å². The zero-order chi connectivity index (χ0) is 12.1. The van der Waals surface area contributed by atoms with E-state index < -0.39 is 0 Å². The van der Waals surface area contributed by atoms with Crippen LogP contribution in [0, 0.1) is 4.77 Å². The van der Waals surface area contributed by atoms with Gasteiger partial charge < -0.3 is 9.30 Å². The van der Waals surface area contributed by atoms with Crippen LogP contribution in [0.5, 0.6) is 5.75 Å². The van der Waals surface area contributed by atoms with Crippen LogP contribution in [0.3, 0.4) is 0 Å². The van der Waals surface area contributed by atoms with Gasteiger partial charge in [0.25, 0.3) is 0 Å². The Morgan fingerprint density at radius 2 is 2.24 bits per heavy atom. The summed E-state index contributed by atoms with van der Waals surface area (Å²) in [6.45, 7) is 3.37. The number of hydrogen-bond donors (Lipinski definition) is 0. The van der Waals surface area contributed by atoms with E-state index in [1.807, 2.05) is 42.0 Å². The van der Waals surface area contributed by atoms with Crippen molar-refractivity contribution in [1.82, 2.24) is 9.55 Å². The third-order valence-electron chi connectivity index (χ3n) is 2.35. The minimum atomic E-state index is 0.592. The van der Waals surface area contributed by atoms with Gasteiger partial charge in [0.05, 0.1) is 6.61 Å². The highest BCUT2D eigenvalue weighted by atomic mass is 32.1. The highest BCUT2D eigenvalue weighted by Crippen LogP contribution is 2.14. The van der Waals surface area contributed by atoms with Gasteiger partial charge in [0.2, 0.25) is 0 Å². The first-order valence-corrected chi connectivity index (χ1v) is 5.93. The molecule has 0 spiro atoms. The maximum absolute atomic E-state index is 5.46. The summed E-state index contributed by atoms with van der Waals surface area (Å²) in [5.74, 6) is 0.889. The number of nitrogens with zero attached hydrogens (tertiary/aromatic N) is 2. The summed E-state index contributed by atoms with van der Waals surface area (Å²) in [5.41, 5.74) is 1.15. The number of hydrogen-bond acceptors (Lipinski definition) is 3. The molecule has 0 aliphatic heterocycles. The fraction of sp³-hybridized carbons (Fsp3) is 0.231. The number of benzene rings is 1. The van der Waals surface area contributed by atoms with Crippen molar-refractivity contribution < 1.29 is 4.74 Å². The average molecular weight is 246 g/mol. The molecule has 1 aromatic carbocycles. The Morgan fingerprint density at radius 1 is 1.35 bits per heavy atom. The molecule has 0 fully saturated rings. The fourth-order valence-corrected chi connectivity index (χ4v) is 1.79. The van der Waals surface area contributed by atoms with Crippen LogP contribution in [0.2, 0.25) is 0 Å². The van der Waals surface area contributed by atoms with E-state index >= 15 is 0 Å². The summed E-state index contributed by atoms with van der Waals surface area (Å²) < 4.78 is 7.99. The lowest BCUT2D eigenvalue weighted by Gasteiger charge is -2.08. The van der Waals surface area contributed by atoms with Gasteiger partial charge in [-0.05, 0) is 42.9 Å². The molecule has 1 aromatic heterocycles. The van der Waals surface area contributed by atoms with Gasteiger partial charge in [-0.15, -0.1) is 0 Å². The molecule has 2 aromatic rings. The molecule has 0 aliphatic rings. The molecule has 4 heteroatoms. The minimum Gasteiger partial charge on any atom is -0.494 e. The summed E-state index contributed by atoms with van der Waals surface area (Å²) >= 11 is 5.16. The van der Waals surface area contributed by atoms with Crippen LogP contribution < -0.4 is 4.74 Å². The molecule has 0 N–H and O–H groups in total. The molecule has 0 bridgehead atoms. The van der Waals surface area contributed by atoms with Crippen molar-refractivity contribution in [1.29, 1.82) is 0 Å². The third kappa shape index (κ3) is 3.14. The molecule has 0 radical (unpaired) electrons. The summed E-state index contributed by atoms with van der Waals surface area (Å²) in [5, 5.41) is 0. The maximum atomic E-state index is 5.46. The lowest BCUT2D eigenvalue weighted by Crippen LogP contribution is -2.02. The van der Waals surface area contributed by atoms with E-state index in [0.29, 0.717) is 17.9 Å². The zero-order valence-corrected chi connectivity index (χ0v) is 10.5. The van der Waals surface area contributed by atoms with E-state index in [2.05, 4.69) is 11.1 Å². The molecule has 2 rings (SSSR count). The molecule has 3 nitrogen and oxygen atoms in total. The Balaban J connectivity index is 2.21. The summed E-state index contributed by atoms with van der Waals surface area (Å²) in [4.78, 5) is 4.08. The molecule has 0 aliphatic carbocycles. The summed E-state index contributed by atoms with van der Waals surface area (Å²) in [6.07, 6.45) is 3.64. The van der Waals surface area contributed by atoms with Crippen LogP contribution in [0.15, 0.2) is 42.7 Å². The quantitative estimate of drug-likeness (QED) is 0.776. The molecule has 0 amide bonds. The molecule has 88 valence electrons. The van der Waals surface area contributed by atoms with Crippen LogP contribution in [0.1, 0.15) is 12.5 Å². The lowest BCUT2D eigenvalue weighted by molar-refractivity contribution is 0.340. The molecule has 17 heavy (non-hydrogen) atoms. The van der Waals surface area contributed by atoms with Gasteiger partial charge in [-0.1, -0.05) is 12.1 Å². The lowest BCUT2D eigenvalue weighted by atomic mass is 10.2. The molecule has 0 saturated carbocycles. The van der Waals surface area contributed by atoms with Crippen molar-refractivity contribution >= 4 is 12.2 Å². The van der Waals surface area contributed by atoms with Gasteiger partial charge in [-0.3, -0.25) is 0 Å². The van der Waals surface area contributed by atoms with Crippen molar-refractivity contribution in [2.45, 2.75) is 13.5 Å². The molecule has 0 unspecified atom stereocenters. The predicted molar refractivity (Wildman–Crippen MR) is 69.8 cm³/mol. The molecular weight excluding hydrogens is 232 g/mol. The van der Waals surface area contributed by atoms with Crippen LogP contribution in [-0.4, -0.2) is 16.2 Å². The third-order valence-corrected chi connectivity index (χ3v) is 2.69. The Kier molecular flexibility index (Phi) is 3.88. The topological polar surface area (TPSA) is 27.1 Å². The van der Waals surface area contributed by atoms with E-state index in [-0.39, 0.29) is 0 Å². The highest BCUT2D eigenvalue weighted by Gasteiger charge is 1.98. The van der Waals surface area contributed by atoms with Crippen molar-refractivity contribution in [2.24, 2.45) is 0 Å². The first kappa shape index (κ1) is 11.8. The predicted octanol–water partition coefficient (Wildman–Crippen LogP) is 3.06. The standard InChI is InChI=1S/C13H14N2OS/c1-2-16-12-6-3-5-11(9-12)10-15-8-4-7-14-13(15)17/h3-9H,2,10H2,1H3. The van der Waals surface area contributed by atoms with Gasteiger partial charge in [-0.25, -0.2) is 4.98 Å². The van der Waals surface area contributed by atoms with Gasteiger partial charge in [0.1, 0.15) is 5.75 Å². The normalized spacial score (nSPS) is 10.2. The first-order chi connectivity index (χ1) is 8.29. The monoisotopic (exact) mass is 246 g/mol. The zero-order valence-electron chi connectivity index (χ0n) is 9.67. The molecular formula is C13H14N2OS. The number of aromatic nitrogens is 2. The number of ether oxygens (including phenoxy) is 1. The Labute approximate surface area is 106 Å². The summed E-state index contributed by atoms with van der Waals surface area (Å²) in [6, 6.07) is 9.90. The average Bonchev–Trinajstić information content (AvgIpc) is 2.33. The van der Waals surface area contributed by atoms with Crippen LogP contribution in [0.25, 0.3) is 0 Å². The second-order valence-corrected chi connectivity index (χ2v) is 3.98. The Hall–Kier alpha value is -1.68. The molecule has 0 atom stereocenters. The summed E-state index contributed by atoms with van der Waals surface area (Å²) in [7, 11) is 0. The van der Waals surface area contributed by atoms with Gasteiger partial charge in [0.15, 0.2) is 4.77 Å². The van der Waals surface area contributed by atoms with E-state index in [1.54, 1.807) is 6.20 Å². The Morgan fingerprint density at radius 3 is 3.00 bits per heavy atom. The van der Waals surface area contributed by atoms with Gasteiger partial charge >= 0.3 is 0 Å². The van der Waals surface area contributed by atoms with E-state index in [9.17, 15) is 0 Å². The van der Waals surface area contributed by atoms with Gasteiger partial charge in [0, 0.05) is 18.9 Å². The van der Waals surface area contributed by atoms with Crippen molar-refractivity contribution in [3.63, 3.8) is 0 Å². The smallest absolute Gasteiger partial charge is 0.199 e.